The third-order valence-corrected chi connectivity index (χ3v) is 4.13. The summed E-state index contributed by atoms with van der Waals surface area (Å²) in [5, 5.41) is 25.6. The number of oxazole rings is 1. The van der Waals surface area contributed by atoms with Gasteiger partial charge in [-0.3, -0.25) is 4.79 Å². The summed E-state index contributed by atoms with van der Waals surface area (Å²) in [6, 6.07) is 3.30. The van der Waals surface area contributed by atoms with E-state index in [-0.39, 0.29) is 17.6 Å². The minimum Gasteiger partial charge on any atom is -0.448 e. The Morgan fingerprint density at radius 1 is 1.32 bits per heavy atom. The van der Waals surface area contributed by atoms with Crippen molar-refractivity contribution < 1.29 is 14.3 Å². The van der Waals surface area contributed by atoms with E-state index in [9.17, 15) is 9.90 Å². The van der Waals surface area contributed by atoms with Gasteiger partial charge in [0.2, 0.25) is 5.89 Å². The predicted octanol–water partition coefficient (Wildman–Crippen LogP) is -0.159. The number of carbonyl (C=O) groups is 1. The fraction of sp³-hybridized carbons (Fsp3) is 0.333. The molecule has 1 fully saturated rings. The second kappa shape index (κ2) is 6.06. The van der Waals surface area contributed by atoms with Crippen molar-refractivity contribution in [2.75, 3.05) is 6.54 Å². The Morgan fingerprint density at radius 2 is 2.12 bits per heavy atom. The molecule has 10 nitrogen and oxygen atoms in total. The standard InChI is InChI=1S/C15H15N7O3/c1-9-12(23)7-21(9)15(24)11-8-25-14(18-11)6-10-2-3-13(20-19-10)22-16-4-5-17-22/h2-5,8-9,12,23H,6-7H2,1H3/t9-,12-/m0/s1. The van der Waals surface area contributed by atoms with Gasteiger partial charge >= 0.3 is 0 Å². The smallest absolute Gasteiger partial charge is 0.276 e. The molecular formula is C15H15N7O3. The topological polar surface area (TPSA) is 123 Å². The van der Waals surface area contributed by atoms with E-state index in [1.807, 2.05) is 0 Å². The van der Waals surface area contributed by atoms with Crippen molar-refractivity contribution in [3.05, 3.63) is 48.1 Å². The molecule has 3 aromatic heterocycles. The van der Waals surface area contributed by atoms with Crippen LogP contribution in [0.1, 0.15) is 29.0 Å². The summed E-state index contributed by atoms with van der Waals surface area (Å²) < 4.78 is 5.35. The number of aliphatic hydroxyl groups is 1. The number of aromatic nitrogens is 6. The number of nitrogens with zero attached hydrogens (tertiary/aromatic N) is 7. The molecule has 0 saturated carbocycles. The average molecular weight is 341 g/mol. The van der Waals surface area contributed by atoms with E-state index >= 15 is 0 Å². The van der Waals surface area contributed by atoms with E-state index in [1.165, 1.54) is 11.1 Å². The van der Waals surface area contributed by atoms with E-state index < -0.39 is 6.10 Å². The lowest BCUT2D eigenvalue weighted by atomic mass is 10.0. The molecule has 4 rings (SSSR count). The molecule has 2 atom stereocenters. The van der Waals surface area contributed by atoms with Crippen molar-refractivity contribution in [2.24, 2.45) is 0 Å². The van der Waals surface area contributed by atoms with Gasteiger partial charge in [0.05, 0.1) is 36.7 Å². The third-order valence-electron chi connectivity index (χ3n) is 4.13. The molecule has 1 aliphatic rings. The van der Waals surface area contributed by atoms with Crippen LogP contribution in [0.5, 0.6) is 0 Å². The molecule has 0 aliphatic carbocycles. The molecule has 0 unspecified atom stereocenters. The highest BCUT2D eigenvalue weighted by Gasteiger charge is 2.38. The van der Waals surface area contributed by atoms with Crippen molar-refractivity contribution in [1.29, 1.82) is 0 Å². The van der Waals surface area contributed by atoms with Crippen molar-refractivity contribution in [2.45, 2.75) is 25.5 Å². The van der Waals surface area contributed by atoms with Crippen LogP contribution in [0.4, 0.5) is 0 Å². The minimum atomic E-state index is -0.478. The largest absolute Gasteiger partial charge is 0.448 e. The van der Waals surface area contributed by atoms with Gasteiger partial charge in [0, 0.05) is 6.54 Å². The summed E-state index contributed by atoms with van der Waals surface area (Å²) in [7, 11) is 0. The van der Waals surface area contributed by atoms with Crippen LogP contribution in [-0.4, -0.2) is 64.8 Å². The van der Waals surface area contributed by atoms with Gasteiger partial charge in [0.25, 0.3) is 5.91 Å². The van der Waals surface area contributed by atoms with Gasteiger partial charge in [-0.1, -0.05) is 0 Å². The van der Waals surface area contributed by atoms with Crippen molar-refractivity contribution in [1.82, 2.24) is 35.1 Å². The van der Waals surface area contributed by atoms with E-state index in [0.717, 1.165) is 0 Å². The summed E-state index contributed by atoms with van der Waals surface area (Å²) in [4.78, 5) is 19.4. The zero-order valence-corrected chi connectivity index (χ0v) is 13.3. The first-order chi connectivity index (χ1) is 12.1. The fourth-order valence-corrected chi connectivity index (χ4v) is 2.54. The quantitative estimate of drug-likeness (QED) is 0.694. The van der Waals surface area contributed by atoms with Crippen LogP contribution in [0.15, 0.2) is 35.2 Å². The second-order valence-electron chi connectivity index (χ2n) is 5.77. The Bertz CT molecular complexity index is 875. The van der Waals surface area contributed by atoms with Crippen LogP contribution in [-0.2, 0) is 6.42 Å². The maximum Gasteiger partial charge on any atom is 0.276 e. The normalized spacial score (nSPS) is 19.7. The molecule has 0 radical (unpaired) electrons. The number of carbonyl (C=O) groups excluding carboxylic acids is 1. The highest BCUT2D eigenvalue weighted by Crippen LogP contribution is 2.20. The third kappa shape index (κ3) is 2.87. The maximum atomic E-state index is 12.3. The lowest BCUT2D eigenvalue weighted by Crippen LogP contribution is -2.60. The highest BCUT2D eigenvalue weighted by atomic mass is 16.3. The summed E-state index contributed by atoms with van der Waals surface area (Å²) in [6.45, 7) is 2.11. The van der Waals surface area contributed by atoms with E-state index in [2.05, 4.69) is 25.4 Å². The first-order valence-electron chi connectivity index (χ1n) is 7.74. The Balaban J connectivity index is 1.43. The molecule has 1 saturated heterocycles. The molecule has 4 heterocycles. The summed E-state index contributed by atoms with van der Waals surface area (Å²) in [6.07, 6.45) is 4.27. The van der Waals surface area contributed by atoms with Gasteiger partial charge in [-0.25, -0.2) is 4.98 Å². The number of β-amino-alcohol motifs (C(OH)–C–C–N with tert-alkyl or cyclic N) is 1. The first kappa shape index (κ1) is 15.4. The zero-order chi connectivity index (χ0) is 17.4. The number of amides is 1. The van der Waals surface area contributed by atoms with Crippen LogP contribution < -0.4 is 0 Å². The number of hydrogen-bond donors (Lipinski definition) is 1. The molecule has 0 bridgehead atoms. The van der Waals surface area contributed by atoms with E-state index in [4.69, 9.17) is 4.42 Å². The fourth-order valence-electron chi connectivity index (χ4n) is 2.54. The first-order valence-corrected chi connectivity index (χ1v) is 7.74. The van der Waals surface area contributed by atoms with Crippen molar-refractivity contribution >= 4 is 5.91 Å². The van der Waals surface area contributed by atoms with Crippen LogP contribution >= 0.6 is 0 Å². The summed E-state index contributed by atoms with van der Waals surface area (Å²) >= 11 is 0. The SMILES string of the molecule is C[C@H]1[C@@H](O)CN1C(=O)c1coc(Cc2ccc(-n3nccn3)nn2)n1. The van der Waals surface area contributed by atoms with Crippen LogP contribution in [0.25, 0.3) is 5.82 Å². The molecule has 1 amide bonds. The highest BCUT2D eigenvalue weighted by molar-refractivity contribution is 5.92. The number of rotatable bonds is 4. The Labute approximate surface area is 142 Å². The van der Waals surface area contributed by atoms with Gasteiger partial charge in [-0.15, -0.1) is 9.90 Å². The van der Waals surface area contributed by atoms with Crippen LogP contribution in [0.2, 0.25) is 0 Å². The zero-order valence-electron chi connectivity index (χ0n) is 13.3. The summed E-state index contributed by atoms with van der Waals surface area (Å²) in [5.74, 6) is 0.623. The summed E-state index contributed by atoms with van der Waals surface area (Å²) in [5.41, 5.74) is 0.864. The lowest BCUT2D eigenvalue weighted by Gasteiger charge is -2.42. The van der Waals surface area contributed by atoms with E-state index in [0.29, 0.717) is 30.4 Å². The number of aliphatic hydroxyl groups excluding tert-OH is 1. The van der Waals surface area contributed by atoms with Gasteiger partial charge in [0.1, 0.15) is 6.26 Å². The van der Waals surface area contributed by atoms with Crippen molar-refractivity contribution in [3.63, 3.8) is 0 Å². The van der Waals surface area contributed by atoms with Gasteiger partial charge < -0.3 is 14.4 Å². The molecule has 10 heteroatoms. The minimum absolute atomic E-state index is 0.207. The number of likely N-dealkylation sites (tertiary alicyclic amines) is 1. The van der Waals surface area contributed by atoms with Gasteiger partial charge in [-0.05, 0) is 19.1 Å². The van der Waals surface area contributed by atoms with Gasteiger partial charge in [-0.2, -0.15) is 15.3 Å². The molecule has 0 aromatic carbocycles. The number of hydrogen-bond acceptors (Lipinski definition) is 8. The predicted molar refractivity (Wildman–Crippen MR) is 82.8 cm³/mol. The van der Waals surface area contributed by atoms with Gasteiger partial charge in [0.15, 0.2) is 11.5 Å². The molecule has 25 heavy (non-hydrogen) atoms. The maximum absolute atomic E-state index is 12.3. The Morgan fingerprint density at radius 3 is 2.76 bits per heavy atom. The molecule has 3 aromatic rings. The molecule has 1 N–H and O–H groups in total. The molecular weight excluding hydrogens is 326 g/mol. The molecule has 0 spiro atoms. The van der Waals surface area contributed by atoms with Crippen LogP contribution in [0, 0.1) is 0 Å². The van der Waals surface area contributed by atoms with Crippen molar-refractivity contribution in [3.8, 4) is 5.82 Å². The van der Waals surface area contributed by atoms with E-state index in [1.54, 1.807) is 36.4 Å². The second-order valence-corrected chi connectivity index (χ2v) is 5.77. The average Bonchev–Trinajstić information content (AvgIpc) is 3.31. The van der Waals surface area contributed by atoms with Crippen LogP contribution in [0.3, 0.4) is 0 Å². The monoisotopic (exact) mass is 341 g/mol. The Hall–Kier alpha value is -3.14. The lowest BCUT2D eigenvalue weighted by molar-refractivity contribution is -0.0360. The Kier molecular flexibility index (Phi) is 3.73. The molecule has 1 aliphatic heterocycles. The molecule has 128 valence electrons.